The minimum Gasteiger partial charge on any atom is -0.508 e. The van der Waals surface area contributed by atoms with Gasteiger partial charge in [0.25, 0.3) is 0 Å². The number of halogens is 3. The number of aromatic nitrogens is 4. The van der Waals surface area contributed by atoms with E-state index in [0.29, 0.717) is 70.3 Å². The molecular formula is C58H65F3N10O5. The van der Waals surface area contributed by atoms with E-state index in [1.54, 1.807) is 24.3 Å². The summed E-state index contributed by atoms with van der Waals surface area (Å²) >= 11 is 0. The first-order valence-electron chi connectivity index (χ1n) is 27.4. The fraction of sp³-hybridized carbons (Fsp3) is 0.500. The van der Waals surface area contributed by atoms with Crippen molar-refractivity contribution in [1.82, 2.24) is 39.5 Å². The molecule has 0 radical (unpaired) electrons. The highest BCUT2D eigenvalue weighted by Crippen LogP contribution is 2.41. The minimum absolute atomic E-state index is 0.00256. The maximum absolute atomic E-state index is 17.1. The normalized spacial score (nSPS) is 22.5. The summed E-state index contributed by atoms with van der Waals surface area (Å²) in [4.78, 5) is 56.7. The summed E-state index contributed by atoms with van der Waals surface area (Å²) in [6, 6.07) is 12.5. The number of piperidine rings is 4. The number of rotatable bonds is 12. The first kappa shape index (κ1) is 50.2. The minimum atomic E-state index is -0.859. The number of nitrogens with one attached hydrogen (secondary N) is 2. The number of hydrogen-bond acceptors (Lipinski definition) is 12. The van der Waals surface area contributed by atoms with Crippen molar-refractivity contribution in [2.75, 3.05) is 81.9 Å². The summed E-state index contributed by atoms with van der Waals surface area (Å²) in [7, 11) is 1.53. The molecule has 4 aromatic carbocycles. The first-order valence-corrected chi connectivity index (χ1v) is 27.4. The summed E-state index contributed by atoms with van der Waals surface area (Å²) in [5.41, 5.74) is 1.03. The van der Waals surface area contributed by atoms with Crippen molar-refractivity contribution in [3.63, 3.8) is 0 Å². The SMILES string of the molecule is C#Cc1c(F)ccc2cc(O)cc(-c3ccc4c(N5CC6CCC(C5)N6)nc(OCCN5CCC(CC6CCN(CC7CCN(c8ccc9c(c8F)n(C)c(=O)n9C8CCC(=O)NC8=O)CC7)CC6)CC5)nc4c3F)c12. The van der Waals surface area contributed by atoms with Crippen LogP contribution in [0.3, 0.4) is 0 Å². The van der Waals surface area contributed by atoms with Crippen LogP contribution in [0.15, 0.2) is 53.3 Å². The summed E-state index contributed by atoms with van der Waals surface area (Å²) in [5, 5.41) is 18.1. The van der Waals surface area contributed by atoms with Crippen LogP contribution in [-0.4, -0.2) is 130 Å². The molecule has 12 rings (SSSR count). The number of nitrogens with zero attached hydrogens (tertiary/aromatic N) is 8. The Kier molecular flexibility index (Phi) is 13.7. The smallest absolute Gasteiger partial charge is 0.329 e. The van der Waals surface area contributed by atoms with Gasteiger partial charge in [-0.25, -0.2) is 18.0 Å². The number of carbonyl (C=O) groups excluding carboxylic acids is 2. The van der Waals surface area contributed by atoms with Crippen molar-refractivity contribution in [3.05, 3.63) is 82.0 Å². The first-order chi connectivity index (χ1) is 36.9. The number of carbonyl (C=O) groups is 2. The lowest BCUT2D eigenvalue weighted by Gasteiger charge is -2.39. The van der Waals surface area contributed by atoms with E-state index in [1.165, 1.54) is 59.7 Å². The topological polar surface area (TPSA) is 153 Å². The number of phenols is 1. The Bertz CT molecular complexity index is 3340. The third kappa shape index (κ3) is 9.52. The number of piperazine rings is 1. The van der Waals surface area contributed by atoms with Crippen LogP contribution in [0.1, 0.15) is 82.2 Å². The van der Waals surface area contributed by atoms with Crippen molar-refractivity contribution in [1.29, 1.82) is 0 Å². The van der Waals surface area contributed by atoms with Crippen LogP contribution in [-0.2, 0) is 16.6 Å². The Morgan fingerprint density at radius 3 is 2.20 bits per heavy atom. The van der Waals surface area contributed by atoms with Gasteiger partial charge in [0.2, 0.25) is 11.8 Å². The van der Waals surface area contributed by atoms with E-state index in [0.717, 1.165) is 103 Å². The lowest BCUT2D eigenvalue weighted by atomic mass is 9.82. The van der Waals surface area contributed by atoms with Gasteiger partial charge >= 0.3 is 11.7 Å². The van der Waals surface area contributed by atoms with Crippen LogP contribution in [0.4, 0.5) is 24.7 Å². The maximum atomic E-state index is 17.1. The zero-order chi connectivity index (χ0) is 52.4. The number of imide groups is 1. The highest BCUT2D eigenvalue weighted by molar-refractivity contribution is 6.04. The quantitative estimate of drug-likeness (QED) is 0.0838. The molecule has 6 saturated heterocycles. The molecule has 398 valence electrons. The second kappa shape index (κ2) is 20.7. The molecule has 0 spiro atoms. The van der Waals surface area contributed by atoms with Gasteiger partial charge < -0.3 is 29.9 Å². The Balaban J connectivity index is 0.628. The lowest BCUT2D eigenvalue weighted by molar-refractivity contribution is -0.135. The van der Waals surface area contributed by atoms with E-state index in [4.69, 9.17) is 16.1 Å². The van der Waals surface area contributed by atoms with E-state index in [1.807, 2.05) is 0 Å². The average molecular weight is 1040 g/mol. The largest absolute Gasteiger partial charge is 0.508 e. The lowest BCUT2D eigenvalue weighted by Crippen LogP contribution is -2.51. The number of ether oxygens (including phenoxy) is 1. The van der Waals surface area contributed by atoms with Gasteiger partial charge in [-0.2, -0.15) is 9.97 Å². The highest BCUT2D eigenvalue weighted by Gasteiger charge is 2.36. The van der Waals surface area contributed by atoms with E-state index in [-0.39, 0.29) is 58.2 Å². The number of terminal acetylenes is 1. The van der Waals surface area contributed by atoms with Gasteiger partial charge in [-0.05, 0) is 155 Å². The Labute approximate surface area is 439 Å². The van der Waals surface area contributed by atoms with Crippen LogP contribution < -0.4 is 30.9 Å². The molecule has 3 N–H and O–H groups in total. The van der Waals surface area contributed by atoms with E-state index in [2.05, 4.69) is 41.1 Å². The zero-order valence-electron chi connectivity index (χ0n) is 43.0. The van der Waals surface area contributed by atoms with E-state index in [9.17, 15) is 19.5 Å². The van der Waals surface area contributed by atoms with Gasteiger partial charge in [-0.15, -0.1) is 6.42 Å². The van der Waals surface area contributed by atoms with Crippen LogP contribution in [0.25, 0.3) is 43.8 Å². The number of aromatic hydroxyl groups is 1. The average Bonchev–Trinajstić information content (AvgIpc) is 3.98. The number of aryl methyl sites for hydroxylation is 1. The maximum Gasteiger partial charge on any atom is 0.329 e. The van der Waals surface area contributed by atoms with Gasteiger partial charge in [0.15, 0.2) is 11.6 Å². The van der Waals surface area contributed by atoms with Gasteiger partial charge in [0.1, 0.15) is 41.1 Å². The number of hydrogen-bond donors (Lipinski definition) is 3. The van der Waals surface area contributed by atoms with Crippen LogP contribution in [0.5, 0.6) is 11.8 Å². The second-order valence-electron chi connectivity index (χ2n) is 22.3. The molecule has 0 aliphatic carbocycles. The van der Waals surface area contributed by atoms with Gasteiger partial charge in [-0.3, -0.25) is 28.9 Å². The number of imidazole rings is 1. The van der Waals surface area contributed by atoms with Crippen LogP contribution in [0, 0.1) is 47.5 Å². The molecule has 6 aliphatic rings. The van der Waals surface area contributed by atoms with Crippen LogP contribution in [0.2, 0.25) is 0 Å². The van der Waals surface area contributed by atoms with Crippen molar-refractivity contribution < 1.29 is 32.6 Å². The molecule has 0 saturated carbocycles. The molecule has 2 amide bonds. The number of fused-ring (bicyclic) bond motifs is 5. The fourth-order valence-electron chi connectivity index (χ4n) is 13.6. The van der Waals surface area contributed by atoms with Crippen LogP contribution >= 0.6 is 0 Å². The third-order valence-corrected chi connectivity index (χ3v) is 17.6. The molecule has 6 aromatic rings. The predicted octanol–water partition coefficient (Wildman–Crippen LogP) is 7.24. The van der Waals surface area contributed by atoms with Gasteiger partial charge in [0.05, 0.1) is 16.8 Å². The number of anilines is 2. The molecule has 6 fully saturated rings. The second-order valence-corrected chi connectivity index (χ2v) is 22.3. The Morgan fingerprint density at radius 2 is 1.49 bits per heavy atom. The summed E-state index contributed by atoms with van der Waals surface area (Å²) in [6.45, 7) is 9.19. The molecule has 6 aliphatic heterocycles. The predicted molar refractivity (Wildman–Crippen MR) is 286 cm³/mol. The molecule has 2 bridgehead atoms. The van der Waals surface area contributed by atoms with Crippen molar-refractivity contribution in [2.24, 2.45) is 24.8 Å². The van der Waals surface area contributed by atoms with Gasteiger partial charge in [0, 0.05) is 81.2 Å². The summed E-state index contributed by atoms with van der Waals surface area (Å²) in [5.74, 6) is 2.30. The molecule has 76 heavy (non-hydrogen) atoms. The number of phenolic OH excluding ortho intramolecular Hbond substituents is 1. The standard InChI is InChI=1S/C58H65F3N10O5/c1-3-41-45(59)9-4-37-29-40(72)30-44(50(37)41)42-7-8-43-53(51(42)60)64-57(65-55(43)70-32-38-5-6-39(33-70)62-38)76-27-26-67-20-14-34(15-21-67)28-35-16-22-68(23-17-35)31-36-18-24-69(25-19-36)46-10-11-47-54(52(46)61)66(2)58(75)71(47)48-12-13-49(73)63-56(48)74/h1,4,7-11,29-30,34-36,38-39,48,62,72H,5-6,12-28,31-33H2,2H3,(H,63,73,74). The molecule has 8 heterocycles. The molecule has 18 heteroatoms. The number of likely N-dealkylation sites (tertiary alicyclic amines) is 2. The van der Waals surface area contributed by atoms with Gasteiger partial charge in [-0.1, -0.05) is 18.1 Å². The zero-order valence-corrected chi connectivity index (χ0v) is 43.0. The number of amides is 2. The summed E-state index contributed by atoms with van der Waals surface area (Å²) in [6.07, 6.45) is 16.1. The molecular weight excluding hydrogens is 974 g/mol. The van der Waals surface area contributed by atoms with Crippen molar-refractivity contribution >= 4 is 56.0 Å². The third-order valence-electron chi connectivity index (χ3n) is 17.6. The Morgan fingerprint density at radius 1 is 0.776 bits per heavy atom. The van der Waals surface area contributed by atoms with Crippen molar-refractivity contribution in [2.45, 2.75) is 88.8 Å². The fourth-order valence-corrected chi connectivity index (χ4v) is 13.6. The van der Waals surface area contributed by atoms with Crippen molar-refractivity contribution in [3.8, 4) is 35.2 Å². The monoisotopic (exact) mass is 1040 g/mol. The molecule has 2 aromatic heterocycles. The van der Waals surface area contributed by atoms with E-state index < -0.39 is 35.1 Å². The molecule has 3 unspecified atom stereocenters. The highest BCUT2D eigenvalue weighted by atomic mass is 19.1. The molecule has 15 nitrogen and oxygen atoms in total. The molecule has 3 atom stereocenters. The summed E-state index contributed by atoms with van der Waals surface area (Å²) < 4.78 is 57.3. The number of benzene rings is 4. The Hall–Kier alpha value is -6.68. The van der Waals surface area contributed by atoms with E-state index >= 15 is 13.2 Å².